The molecule has 0 aliphatic heterocycles. The molecule has 0 radical (unpaired) electrons. The summed E-state index contributed by atoms with van der Waals surface area (Å²) in [6, 6.07) is 14.4. The van der Waals surface area contributed by atoms with Crippen LogP contribution in [0.5, 0.6) is 5.75 Å². The summed E-state index contributed by atoms with van der Waals surface area (Å²) in [5.41, 5.74) is 1.22. The lowest BCUT2D eigenvalue weighted by atomic mass is 9.87. The number of aromatic nitrogens is 2. The van der Waals surface area contributed by atoms with Gasteiger partial charge in [-0.25, -0.2) is 4.98 Å². The molecule has 1 atom stereocenters. The van der Waals surface area contributed by atoms with E-state index in [0.29, 0.717) is 17.1 Å². The van der Waals surface area contributed by atoms with Crippen molar-refractivity contribution in [2.75, 3.05) is 10.6 Å². The Labute approximate surface area is 192 Å². The van der Waals surface area contributed by atoms with Crippen LogP contribution in [-0.4, -0.2) is 16.1 Å². The molecule has 0 saturated heterocycles. The van der Waals surface area contributed by atoms with E-state index in [-0.39, 0.29) is 23.3 Å². The maximum atomic E-state index is 13.6. The van der Waals surface area contributed by atoms with Crippen molar-refractivity contribution in [3.05, 3.63) is 65.9 Å². The van der Waals surface area contributed by atoms with Crippen LogP contribution in [0.25, 0.3) is 0 Å². The van der Waals surface area contributed by atoms with Gasteiger partial charge in [0, 0.05) is 17.6 Å². The van der Waals surface area contributed by atoms with Gasteiger partial charge in [0.1, 0.15) is 17.1 Å². The molecule has 33 heavy (non-hydrogen) atoms. The minimum atomic E-state index is -4.60. The molecular formula is C25H29F3N4O. The average Bonchev–Trinajstić information content (AvgIpc) is 2.74. The van der Waals surface area contributed by atoms with Crippen molar-refractivity contribution in [3.63, 3.8) is 0 Å². The highest BCUT2D eigenvalue weighted by molar-refractivity contribution is 5.63. The van der Waals surface area contributed by atoms with Gasteiger partial charge >= 0.3 is 6.18 Å². The lowest BCUT2D eigenvalue weighted by molar-refractivity contribution is -0.137. The van der Waals surface area contributed by atoms with E-state index in [2.05, 4.69) is 41.4 Å². The predicted octanol–water partition coefficient (Wildman–Crippen LogP) is 7.46. The Bertz CT molecular complexity index is 1060. The van der Waals surface area contributed by atoms with Crippen LogP contribution in [0.2, 0.25) is 0 Å². The van der Waals surface area contributed by atoms with Crippen molar-refractivity contribution in [3.8, 4) is 5.75 Å². The molecule has 8 heteroatoms. The molecule has 5 nitrogen and oxygen atoms in total. The summed E-state index contributed by atoms with van der Waals surface area (Å²) < 4.78 is 46.4. The van der Waals surface area contributed by atoms with Crippen LogP contribution in [0.15, 0.2) is 54.7 Å². The van der Waals surface area contributed by atoms with Crippen LogP contribution in [0, 0.1) is 0 Å². The average molecular weight is 459 g/mol. The van der Waals surface area contributed by atoms with E-state index in [1.165, 1.54) is 0 Å². The smallest absolute Gasteiger partial charge is 0.421 e. The van der Waals surface area contributed by atoms with Gasteiger partial charge in [-0.3, -0.25) is 0 Å². The van der Waals surface area contributed by atoms with Crippen molar-refractivity contribution in [1.29, 1.82) is 0 Å². The Morgan fingerprint density at radius 2 is 1.48 bits per heavy atom. The summed E-state index contributed by atoms with van der Waals surface area (Å²) in [4.78, 5) is 7.96. The normalized spacial score (nSPS) is 12.8. The minimum Gasteiger partial charge on any atom is -0.491 e. The molecule has 2 aromatic carbocycles. The first-order valence-electron chi connectivity index (χ1n) is 10.8. The number of nitrogens with zero attached hydrogens (tertiary/aromatic N) is 2. The Balaban J connectivity index is 1.83. The fourth-order valence-corrected chi connectivity index (χ4v) is 3.00. The number of rotatable bonds is 7. The molecule has 0 spiro atoms. The highest BCUT2D eigenvalue weighted by atomic mass is 19.4. The van der Waals surface area contributed by atoms with Gasteiger partial charge < -0.3 is 15.4 Å². The van der Waals surface area contributed by atoms with Gasteiger partial charge in [0.05, 0.1) is 6.10 Å². The fourth-order valence-electron chi connectivity index (χ4n) is 3.00. The Kier molecular flexibility index (Phi) is 7.15. The van der Waals surface area contributed by atoms with Crippen LogP contribution in [-0.2, 0) is 11.6 Å². The summed E-state index contributed by atoms with van der Waals surface area (Å²) in [7, 11) is 0. The molecule has 0 saturated carbocycles. The molecule has 0 bridgehead atoms. The predicted molar refractivity (Wildman–Crippen MR) is 126 cm³/mol. The minimum absolute atomic E-state index is 0.0485. The third-order valence-electron chi connectivity index (χ3n) is 5.13. The SMILES string of the molecule is CCC(C)Oc1ccc(Nc2ncc(C(F)(F)F)c(Nc3ccc(C(C)(C)C)cc3)n2)cc1. The number of benzene rings is 2. The standard InChI is InChI=1S/C25H29F3N4O/c1-6-16(2)33-20-13-11-19(12-14-20)31-23-29-15-21(25(26,27)28)22(32-23)30-18-9-7-17(8-10-18)24(3,4)5/h7-16H,6H2,1-5H3,(H2,29,30,31,32). The molecule has 0 aliphatic carbocycles. The lowest BCUT2D eigenvalue weighted by Gasteiger charge is -2.20. The number of hydrogen-bond acceptors (Lipinski definition) is 5. The number of ether oxygens (including phenoxy) is 1. The maximum absolute atomic E-state index is 13.6. The fraction of sp³-hybridized carbons (Fsp3) is 0.360. The molecule has 1 unspecified atom stereocenters. The first-order valence-corrected chi connectivity index (χ1v) is 10.8. The number of alkyl halides is 3. The second kappa shape index (κ2) is 9.68. The number of anilines is 4. The topological polar surface area (TPSA) is 59.1 Å². The molecule has 1 aromatic heterocycles. The van der Waals surface area contributed by atoms with Gasteiger partial charge in [-0.1, -0.05) is 39.8 Å². The zero-order valence-electron chi connectivity index (χ0n) is 19.4. The monoisotopic (exact) mass is 458 g/mol. The third-order valence-corrected chi connectivity index (χ3v) is 5.13. The highest BCUT2D eigenvalue weighted by Gasteiger charge is 2.35. The third kappa shape index (κ3) is 6.60. The largest absolute Gasteiger partial charge is 0.491 e. The summed E-state index contributed by atoms with van der Waals surface area (Å²) in [5.74, 6) is 0.442. The van der Waals surface area contributed by atoms with E-state index < -0.39 is 11.7 Å². The molecule has 1 heterocycles. The van der Waals surface area contributed by atoms with E-state index in [9.17, 15) is 13.2 Å². The van der Waals surface area contributed by atoms with Gasteiger partial charge in [0.15, 0.2) is 0 Å². The van der Waals surface area contributed by atoms with Gasteiger partial charge in [-0.2, -0.15) is 18.2 Å². The lowest BCUT2D eigenvalue weighted by Crippen LogP contribution is -2.13. The van der Waals surface area contributed by atoms with Gasteiger partial charge in [-0.15, -0.1) is 0 Å². The van der Waals surface area contributed by atoms with E-state index in [0.717, 1.165) is 18.2 Å². The Hall–Kier alpha value is -3.29. The second-order valence-corrected chi connectivity index (χ2v) is 8.89. The molecular weight excluding hydrogens is 429 g/mol. The highest BCUT2D eigenvalue weighted by Crippen LogP contribution is 2.35. The number of nitrogens with one attached hydrogen (secondary N) is 2. The summed E-state index contributed by atoms with van der Waals surface area (Å²) in [6.07, 6.45) is -2.84. The van der Waals surface area contributed by atoms with Crippen molar-refractivity contribution in [1.82, 2.24) is 9.97 Å². The van der Waals surface area contributed by atoms with Crippen molar-refractivity contribution in [2.24, 2.45) is 0 Å². The zero-order valence-corrected chi connectivity index (χ0v) is 19.4. The van der Waals surface area contributed by atoms with Crippen LogP contribution in [0.1, 0.15) is 52.2 Å². The molecule has 0 fully saturated rings. The zero-order chi connectivity index (χ0) is 24.2. The molecule has 3 rings (SSSR count). The quantitative estimate of drug-likeness (QED) is 0.385. The maximum Gasteiger partial charge on any atom is 0.421 e. The van der Waals surface area contributed by atoms with Gasteiger partial charge in [0.25, 0.3) is 0 Å². The first-order chi connectivity index (χ1) is 15.5. The first kappa shape index (κ1) is 24.4. The van der Waals surface area contributed by atoms with E-state index in [4.69, 9.17) is 4.74 Å². The molecule has 2 N–H and O–H groups in total. The Morgan fingerprint density at radius 1 is 0.909 bits per heavy atom. The summed E-state index contributed by atoms with van der Waals surface area (Å²) >= 11 is 0. The number of halogens is 3. The van der Waals surface area contributed by atoms with Crippen LogP contribution in [0.4, 0.5) is 36.3 Å². The van der Waals surface area contributed by atoms with Crippen molar-refractivity contribution in [2.45, 2.75) is 58.7 Å². The van der Waals surface area contributed by atoms with E-state index >= 15 is 0 Å². The molecule has 176 valence electrons. The van der Waals surface area contributed by atoms with Crippen LogP contribution in [0.3, 0.4) is 0 Å². The summed E-state index contributed by atoms with van der Waals surface area (Å²) in [5, 5.41) is 5.74. The van der Waals surface area contributed by atoms with Gasteiger partial charge in [0.2, 0.25) is 5.95 Å². The van der Waals surface area contributed by atoms with Crippen molar-refractivity contribution < 1.29 is 17.9 Å². The van der Waals surface area contributed by atoms with E-state index in [1.807, 2.05) is 26.0 Å². The Morgan fingerprint density at radius 3 is 2.03 bits per heavy atom. The number of hydrogen-bond donors (Lipinski definition) is 2. The summed E-state index contributed by atoms with van der Waals surface area (Å²) in [6.45, 7) is 10.2. The van der Waals surface area contributed by atoms with Crippen LogP contribution < -0.4 is 15.4 Å². The molecule has 0 amide bonds. The second-order valence-electron chi connectivity index (χ2n) is 8.89. The van der Waals surface area contributed by atoms with E-state index in [1.54, 1.807) is 36.4 Å². The van der Waals surface area contributed by atoms with Crippen LogP contribution >= 0.6 is 0 Å². The molecule has 3 aromatic rings. The van der Waals surface area contributed by atoms with Gasteiger partial charge in [-0.05, 0) is 60.7 Å². The van der Waals surface area contributed by atoms with Crippen molar-refractivity contribution >= 4 is 23.1 Å². The molecule has 0 aliphatic rings.